The van der Waals surface area contributed by atoms with Crippen LogP contribution in [0, 0.1) is 13.8 Å². The standard InChI is InChI=1S/C20H25N3O2/c1-14-5-10-18(13-15(14)2)22-20(25)17-8-6-16(7-9-17)19(24)21-11-12-23(3)4/h5-10,13H,11-12H2,1-4H3,(H,21,24)(H,22,25). The maximum atomic E-state index is 12.3. The third kappa shape index (κ3) is 5.43. The molecule has 2 aromatic carbocycles. The number of rotatable bonds is 6. The summed E-state index contributed by atoms with van der Waals surface area (Å²) >= 11 is 0. The lowest BCUT2D eigenvalue weighted by molar-refractivity contribution is 0.0949. The molecule has 0 aliphatic rings. The first kappa shape index (κ1) is 18.7. The van der Waals surface area contributed by atoms with E-state index in [2.05, 4.69) is 10.6 Å². The molecule has 0 bridgehead atoms. The van der Waals surface area contributed by atoms with E-state index in [1.165, 1.54) is 5.56 Å². The minimum absolute atomic E-state index is 0.136. The fourth-order valence-corrected chi connectivity index (χ4v) is 2.29. The van der Waals surface area contributed by atoms with Crippen LogP contribution in [0.1, 0.15) is 31.8 Å². The third-order valence-electron chi connectivity index (χ3n) is 4.02. The van der Waals surface area contributed by atoms with Crippen LogP contribution in [-0.4, -0.2) is 43.9 Å². The summed E-state index contributed by atoms with van der Waals surface area (Å²) in [4.78, 5) is 26.4. The van der Waals surface area contributed by atoms with E-state index in [9.17, 15) is 9.59 Å². The number of benzene rings is 2. The largest absolute Gasteiger partial charge is 0.351 e. The van der Waals surface area contributed by atoms with Gasteiger partial charge in [0.2, 0.25) is 0 Å². The van der Waals surface area contributed by atoms with Crippen LogP contribution in [0.25, 0.3) is 0 Å². The summed E-state index contributed by atoms with van der Waals surface area (Å²) in [5.41, 5.74) is 4.13. The predicted molar refractivity (Wildman–Crippen MR) is 101 cm³/mol. The van der Waals surface area contributed by atoms with Crippen molar-refractivity contribution in [3.8, 4) is 0 Å². The number of amides is 2. The van der Waals surface area contributed by atoms with Crippen molar-refractivity contribution in [2.45, 2.75) is 13.8 Å². The molecule has 2 aromatic rings. The number of likely N-dealkylation sites (N-methyl/N-ethyl adjacent to an activating group) is 1. The van der Waals surface area contributed by atoms with Gasteiger partial charge in [-0.25, -0.2) is 0 Å². The fourth-order valence-electron chi connectivity index (χ4n) is 2.29. The highest BCUT2D eigenvalue weighted by molar-refractivity contribution is 6.05. The van der Waals surface area contributed by atoms with Crippen molar-refractivity contribution in [2.24, 2.45) is 0 Å². The average molecular weight is 339 g/mol. The molecular formula is C20H25N3O2. The Labute approximate surface area is 149 Å². The molecule has 5 heteroatoms. The second-order valence-electron chi connectivity index (χ2n) is 6.39. The van der Waals surface area contributed by atoms with Gasteiger partial charge in [0.1, 0.15) is 0 Å². The Bertz CT molecular complexity index is 752. The molecule has 2 rings (SSSR count). The Balaban J connectivity index is 1.97. The van der Waals surface area contributed by atoms with Gasteiger partial charge in [-0.1, -0.05) is 6.07 Å². The molecular weight excluding hydrogens is 314 g/mol. The van der Waals surface area contributed by atoms with Crippen LogP contribution in [0.5, 0.6) is 0 Å². The van der Waals surface area contributed by atoms with Gasteiger partial charge in [-0.15, -0.1) is 0 Å². The van der Waals surface area contributed by atoms with E-state index in [0.717, 1.165) is 17.8 Å². The number of carbonyl (C=O) groups is 2. The van der Waals surface area contributed by atoms with Crippen LogP contribution >= 0.6 is 0 Å². The highest BCUT2D eigenvalue weighted by Gasteiger charge is 2.09. The van der Waals surface area contributed by atoms with Gasteiger partial charge in [0, 0.05) is 29.9 Å². The molecule has 0 aromatic heterocycles. The van der Waals surface area contributed by atoms with Crippen LogP contribution < -0.4 is 10.6 Å². The Morgan fingerprint density at radius 3 is 2.04 bits per heavy atom. The first-order valence-electron chi connectivity index (χ1n) is 8.28. The van der Waals surface area contributed by atoms with Gasteiger partial charge in [0.05, 0.1) is 0 Å². The van der Waals surface area contributed by atoms with Crippen molar-refractivity contribution in [2.75, 3.05) is 32.5 Å². The van der Waals surface area contributed by atoms with Crippen molar-refractivity contribution >= 4 is 17.5 Å². The van der Waals surface area contributed by atoms with Crippen LogP contribution in [0.15, 0.2) is 42.5 Å². The summed E-state index contributed by atoms with van der Waals surface area (Å²) in [6.07, 6.45) is 0. The highest BCUT2D eigenvalue weighted by atomic mass is 16.2. The number of carbonyl (C=O) groups excluding carboxylic acids is 2. The Morgan fingerprint density at radius 1 is 0.880 bits per heavy atom. The Morgan fingerprint density at radius 2 is 1.48 bits per heavy atom. The van der Waals surface area contributed by atoms with Gasteiger partial charge in [-0.05, 0) is 75.5 Å². The minimum atomic E-state index is -0.192. The maximum Gasteiger partial charge on any atom is 0.255 e. The zero-order valence-electron chi connectivity index (χ0n) is 15.2. The molecule has 0 saturated carbocycles. The lowest BCUT2D eigenvalue weighted by Crippen LogP contribution is -2.31. The van der Waals surface area contributed by atoms with Crippen LogP contribution in [-0.2, 0) is 0 Å². The summed E-state index contributed by atoms with van der Waals surface area (Å²) in [7, 11) is 3.91. The summed E-state index contributed by atoms with van der Waals surface area (Å²) in [5.74, 6) is -0.328. The molecule has 0 aliphatic heterocycles. The highest BCUT2D eigenvalue weighted by Crippen LogP contribution is 2.15. The van der Waals surface area contributed by atoms with Crippen molar-refractivity contribution < 1.29 is 9.59 Å². The van der Waals surface area contributed by atoms with Crippen LogP contribution in [0.4, 0.5) is 5.69 Å². The minimum Gasteiger partial charge on any atom is -0.351 e. The SMILES string of the molecule is Cc1ccc(NC(=O)c2ccc(C(=O)NCCN(C)C)cc2)cc1C. The first-order chi connectivity index (χ1) is 11.9. The molecule has 5 nitrogen and oxygen atoms in total. The molecule has 25 heavy (non-hydrogen) atoms. The van der Waals surface area contributed by atoms with Gasteiger partial charge in [0.15, 0.2) is 0 Å². The van der Waals surface area contributed by atoms with E-state index in [1.807, 2.05) is 51.0 Å². The number of hydrogen-bond donors (Lipinski definition) is 2. The summed E-state index contributed by atoms with van der Waals surface area (Å²) in [6.45, 7) is 5.40. The third-order valence-corrected chi connectivity index (χ3v) is 4.02. The van der Waals surface area contributed by atoms with Crippen molar-refractivity contribution in [3.63, 3.8) is 0 Å². The van der Waals surface area contributed by atoms with E-state index < -0.39 is 0 Å². The van der Waals surface area contributed by atoms with Gasteiger partial charge in [0.25, 0.3) is 11.8 Å². The van der Waals surface area contributed by atoms with Crippen LogP contribution in [0.2, 0.25) is 0 Å². The van der Waals surface area contributed by atoms with E-state index in [-0.39, 0.29) is 11.8 Å². The van der Waals surface area contributed by atoms with E-state index >= 15 is 0 Å². The first-order valence-corrected chi connectivity index (χ1v) is 8.28. The molecule has 0 aliphatic carbocycles. The molecule has 0 unspecified atom stereocenters. The number of anilines is 1. The lowest BCUT2D eigenvalue weighted by Gasteiger charge is -2.11. The lowest BCUT2D eigenvalue weighted by atomic mass is 10.1. The van der Waals surface area contributed by atoms with E-state index in [0.29, 0.717) is 17.7 Å². The zero-order chi connectivity index (χ0) is 18.4. The Hall–Kier alpha value is -2.66. The van der Waals surface area contributed by atoms with Gasteiger partial charge in [-0.3, -0.25) is 9.59 Å². The van der Waals surface area contributed by atoms with E-state index in [4.69, 9.17) is 0 Å². The molecule has 0 radical (unpaired) electrons. The normalized spacial score (nSPS) is 10.6. The molecule has 0 atom stereocenters. The van der Waals surface area contributed by atoms with Crippen molar-refractivity contribution in [1.82, 2.24) is 10.2 Å². The second kappa shape index (κ2) is 8.44. The molecule has 132 valence electrons. The fraction of sp³-hybridized carbons (Fsp3) is 0.300. The second-order valence-corrected chi connectivity index (χ2v) is 6.39. The molecule has 0 saturated heterocycles. The van der Waals surface area contributed by atoms with Crippen molar-refractivity contribution in [3.05, 3.63) is 64.7 Å². The van der Waals surface area contributed by atoms with Gasteiger partial charge >= 0.3 is 0 Å². The van der Waals surface area contributed by atoms with Crippen molar-refractivity contribution in [1.29, 1.82) is 0 Å². The van der Waals surface area contributed by atoms with Crippen LogP contribution in [0.3, 0.4) is 0 Å². The van der Waals surface area contributed by atoms with Gasteiger partial charge < -0.3 is 15.5 Å². The molecule has 2 N–H and O–H groups in total. The van der Waals surface area contributed by atoms with Gasteiger partial charge in [-0.2, -0.15) is 0 Å². The molecule has 2 amide bonds. The molecule has 0 fully saturated rings. The number of hydrogen-bond acceptors (Lipinski definition) is 3. The quantitative estimate of drug-likeness (QED) is 0.851. The monoisotopic (exact) mass is 339 g/mol. The zero-order valence-corrected chi connectivity index (χ0v) is 15.2. The summed E-state index contributed by atoms with van der Waals surface area (Å²) in [6, 6.07) is 12.5. The summed E-state index contributed by atoms with van der Waals surface area (Å²) in [5, 5.41) is 5.73. The smallest absolute Gasteiger partial charge is 0.255 e. The average Bonchev–Trinajstić information content (AvgIpc) is 2.58. The Kier molecular flexibility index (Phi) is 6.31. The molecule has 0 heterocycles. The maximum absolute atomic E-state index is 12.3. The predicted octanol–water partition coefficient (Wildman–Crippen LogP) is 2.85. The van der Waals surface area contributed by atoms with E-state index in [1.54, 1.807) is 24.3 Å². The number of nitrogens with one attached hydrogen (secondary N) is 2. The molecule has 0 spiro atoms. The number of aryl methyl sites for hydroxylation is 2. The summed E-state index contributed by atoms with van der Waals surface area (Å²) < 4.78 is 0. The number of nitrogens with zero attached hydrogens (tertiary/aromatic N) is 1. The topological polar surface area (TPSA) is 61.4 Å².